The molecule has 1 fully saturated rings. The Kier molecular flexibility index (Phi) is 1.99. The van der Waals surface area contributed by atoms with Gasteiger partial charge in [-0.1, -0.05) is 13.3 Å². The lowest BCUT2D eigenvalue weighted by Crippen LogP contribution is -2.07. The molecule has 1 saturated carbocycles. The zero-order chi connectivity index (χ0) is 7.61. The first kappa shape index (κ1) is 7.60. The molecule has 0 radical (unpaired) electrons. The molecular formula is C9H15N. The Morgan fingerprint density at radius 3 is 2.70 bits per heavy atom. The third kappa shape index (κ3) is 1.31. The highest BCUT2D eigenvalue weighted by Gasteiger charge is 2.33. The summed E-state index contributed by atoms with van der Waals surface area (Å²) in [7, 11) is 0. The average Bonchev–Trinajstić information content (AvgIpc) is 2.33. The van der Waals surface area contributed by atoms with Crippen LogP contribution in [0.15, 0.2) is 0 Å². The molecule has 0 N–H and O–H groups in total. The van der Waals surface area contributed by atoms with Crippen LogP contribution >= 0.6 is 0 Å². The molecule has 56 valence electrons. The predicted molar refractivity (Wildman–Crippen MR) is 41.4 cm³/mol. The molecule has 1 rings (SSSR count). The fourth-order valence-corrected chi connectivity index (χ4v) is 1.81. The summed E-state index contributed by atoms with van der Waals surface area (Å²) < 4.78 is 0. The van der Waals surface area contributed by atoms with Gasteiger partial charge in [-0.3, -0.25) is 0 Å². The summed E-state index contributed by atoms with van der Waals surface area (Å²) in [5.74, 6) is 0.824. The molecular weight excluding hydrogens is 122 g/mol. The van der Waals surface area contributed by atoms with Crippen molar-refractivity contribution in [3.63, 3.8) is 0 Å². The Labute approximate surface area is 63.0 Å². The molecule has 2 atom stereocenters. The summed E-state index contributed by atoms with van der Waals surface area (Å²) in [6, 6.07) is 2.40. The third-order valence-electron chi connectivity index (χ3n) is 2.69. The van der Waals surface area contributed by atoms with Crippen LogP contribution in [0.1, 0.15) is 39.5 Å². The SMILES string of the molecule is CC[C@@H]1CC[C@@](C)(C#N)C1. The van der Waals surface area contributed by atoms with Crippen LogP contribution in [-0.2, 0) is 0 Å². The number of nitriles is 1. The molecule has 0 amide bonds. The molecule has 0 heterocycles. The second kappa shape index (κ2) is 2.62. The van der Waals surface area contributed by atoms with Crippen molar-refractivity contribution in [3.05, 3.63) is 0 Å². The standard InChI is InChI=1S/C9H15N/c1-3-8-4-5-9(2,6-8)7-10/h8H,3-6H2,1-2H3/t8-,9-/m1/s1. The maximum Gasteiger partial charge on any atom is 0.0686 e. The summed E-state index contributed by atoms with van der Waals surface area (Å²) in [6.45, 7) is 4.30. The zero-order valence-corrected chi connectivity index (χ0v) is 6.85. The first-order valence-corrected chi connectivity index (χ1v) is 4.11. The summed E-state index contributed by atoms with van der Waals surface area (Å²) >= 11 is 0. The molecule has 10 heavy (non-hydrogen) atoms. The second-order valence-electron chi connectivity index (χ2n) is 3.69. The van der Waals surface area contributed by atoms with Gasteiger partial charge in [0.15, 0.2) is 0 Å². The minimum atomic E-state index is 0.0146. The first-order valence-electron chi connectivity index (χ1n) is 4.11. The van der Waals surface area contributed by atoms with Crippen LogP contribution in [0.5, 0.6) is 0 Å². The van der Waals surface area contributed by atoms with E-state index in [2.05, 4.69) is 19.9 Å². The van der Waals surface area contributed by atoms with Crippen LogP contribution < -0.4 is 0 Å². The van der Waals surface area contributed by atoms with Gasteiger partial charge in [-0.05, 0) is 32.1 Å². The molecule has 1 aliphatic carbocycles. The van der Waals surface area contributed by atoms with Gasteiger partial charge in [-0.2, -0.15) is 5.26 Å². The molecule has 0 unspecified atom stereocenters. The molecule has 1 heteroatoms. The van der Waals surface area contributed by atoms with Gasteiger partial charge in [0.2, 0.25) is 0 Å². The summed E-state index contributed by atoms with van der Waals surface area (Å²) in [5.41, 5.74) is 0.0146. The van der Waals surface area contributed by atoms with Gasteiger partial charge >= 0.3 is 0 Å². The minimum Gasteiger partial charge on any atom is -0.198 e. The maximum atomic E-state index is 8.79. The van der Waals surface area contributed by atoms with E-state index in [4.69, 9.17) is 5.26 Å². The molecule has 1 nitrogen and oxygen atoms in total. The highest BCUT2D eigenvalue weighted by molar-refractivity contribution is 5.00. The molecule has 0 aromatic carbocycles. The van der Waals surface area contributed by atoms with Gasteiger partial charge in [0.1, 0.15) is 0 Å². The molecule has 0 bridgehead atoms. The van der Waals surface area contributed by atoms with Gasteiger partial charge in [0.25, 0.3) is 0 Å². The van der Waals surface area contributed by atoms with Crippen molar-refractivity contribution in [2.75, 3.05) is 0 Å². The van der Waals surface area contributed by atoms with Crippen LogP contribution in [0.4, 0.5) is 0 Å². The van der Waals surface area contributed by atoms with E-state index in [1.165, 1.54) is 12.8 Å². The molecule has 0 saturated heterocycles. The quantitative estimate of drug-likeness (QED) is 0.545. The largest absolute Gasteiger partial charge is 0.198 e. The summed E-state index contributed by atoms with van der Waals surface area (Å²) in [5, 5.41) is 8.79. The first-order chi connectivity index (χ1) is 4.70. The fraction of sp³-hybridized carbons (Fsp3) is 0.889. The van der Waals surface area contributed by atoms with Crippen molar-refractivity contribution >= 4 is 0 Å². The monoisotopic (exact) mass is 137 g/mol. The van der Waals surface area contributed by atoms with Crippen LogP contribution in [0, 0.1) is 22.7 Å². The van der Waals surface area contributed by atoms with E-state index in [-0.39, 0.29) is 5.41 Å². The Balaban J connectivity index is 2.51. The number of hydrogen-bond donors (Lipinski definition) is 0. The van der Waals surface area contributed by atoms with E-state index in [1.807, 2.05) is 0 Å². The number of nitrogens with zero attached hydrogens (tertiary/aromatic N) is 1. The lowest BCUT2D eigenvalue weighted by Gasteiger charge is -2.12. The highest BCUT2D eigenvalue weighted by Crippen LogP contribution is 2.41. The number of rotatable bonds is 1. The maximum absolute atomic E-state index is 8.79. The van der Waals surface area contributed by atoms with Crippen LogP contribution in [0.2, 0.25) is 0 Å². The number of hydrogen-bond acceptors (Lipinski definition) is 1. The molecule has 0 aromatic rings. The van der Waals surface area contributed by atoms with Crippen LogP contribution in [-0.4, -0.2) is 0 Å². The smallest absolute Gasteiger partial charge is 0.0686 e. The summed E-state index contributed by atoms with van der Waals surface area (Å²) in [6.07, 6.45) is 4.75. The van der Waals surface area contributed by atoms with Crippen molar-refractivity contribution in [2.24, 2.45) is 11.3 Å². The van der Waals surface area contributed by atoms with E-state index < -0.39 is 0 Å². The molecule has 1 aliphatic rings. The van der Waals surface area contributed by atoms with Crippen molar-refractivity contribution in [1.29, 1.82) is 5.26 Å². The average molecular weight is 137 g/mol. The fourth-order valence-electron chi connectivity index (χ4n) is 1.81. The van der Waals surface area contributed by atoms with Crippen molar-refractivity contribution in [1.82, 2.24) is 0 Å². The van der Waals surface area contributed by atoms with Crippen LogP contribution in [0.25, 0.3) is 0 Å². The lowest BCUT2D eigenvalue weighted by atomic mass is 9.89. The Morgan fingerprint density at radius 1 is 1.70 bits per heavy atom. The van der Waals surface area contributed by atoms with E-state index in [0.29, 0.717) is 0 Å². The Morgan fingerprint density at radius 2 is 2.40 bits per heavy atom. The second-order valence-corrected chi connectivity index (χ2v) is 3.69. The summed E-state index contributed by atoms with van der Waals surface area (Å²) in [4.78, 5) is 0. The van der Waals surface area contributed by atoms with Gasteiger partial charge in [-0.15, -0.1) is 0 Å². The highest BCUT2D eigenvalue weighted by atomic mass is 14.4. The molecule has 0 spiro atoms. The normalized spacial score (nSPS) is 39.5. The molecule has 0 aromatic heterocycles. The van der Waals surface area contributed by atoms with Gasteiger partial charge < -0.3 is 0 Å². The predicted octanol–water partition coefficient (Wildman–Crippen LogP) is 2.73. The van der Waals surface area contributed by atoms with E-state index >= 15 is 0 Å². The van der Waals surface area contributed by atoms with Gasteiger partial charge in [0, 0.05) is 0 Å². The third-order valence-corrected chi connectivity index (χ3v) is 2.69. The lowest BCUT2D eigenvalue weighted by molar-refractivity contribution is 0.422. The Bertz CT molecular complexity index is 157. The Hall–Kier alpha value is -0.510. The van der Waals surface area contributed by atoms with E-state index in [9.17, 15) is 0 Å². The van der Waals surface area contributed by atoms with Gasteiger partial charge in [0.05, 0.1) is 11.5 Å². The molecule has 0 aliphatic heterocycles. The minimum absolute atomic E-state index is 0.0146. The van der Waals surface area contributed by atoms with Gasteiger partial charge in [-0.25, -0.2) is 0 Å². The van der Waals surface area contributed by atoms with Crippen molar-refractivity contribution in [3.8, 4) is 6.07 Å². The topological polar surface area (TPSA) is 23.8 Å². The van der Waals surface area contributed by atoms with E-state index in [0.717, 1.165) is 18.8 Å². The zero-order valence-electron chi connectivity index (χ0n) is 6.85. The van der Waals surface area contributed by atoms with Crippen molar-refractivity contribution in [2.45, 2.75) is 39.5 Å². The van der Waals surface area contributed by atoms with E-state index in [1.54, 1.807) is 0 Å². The van der Waals surface area contributed by atoms with Crippen LogP contribution in [0.3, 0.4) is 0 Å². The van der Waals surface area contributed by atoms with Crippen molar-refractivity contribution < 1.29 is 0 Å².